The second-order valence-electron chi connectivity index (χ2n) is 6.32. The van der Waals surface area contributed by atoms with E-state index in [1.54, 1.807) is 6.92 Å². The molecule has 0 heterocycles. The second-order valence-corrected chi connectivity index (χ2v) is 6.32. The molecular formula is C16H28N2O3. The van der Waals surface area contributed by atoms with Crippen LogP contribution in [-0.2, 0) is 9.53 Å². The predicted molar refractivity (Wildman–Crippen MR) is 80.9 cm³/mol. The van der Waals surface area contributed by atoms with Gasteiger partial charge in [0.25, 0.3) is 0 Å². The van der Waals surface area contributed by atoms with Crippen LogP contribution in [0.25, 0.3) is 0 Å². The molecule has 0 spiro atoms. The van der Waals surface area contributed by atoms with Crippen LogP contribution in [0.15, 0.2) is 0 Å². The Hall–Kier alpha value is -1.26. The van der Waals surface area contributed by atoms with E-state index >= 15 is 0 Å². The fraction of sp³-hybridized carbons (Fsp3) is 0.875. The van der Waals surface area contributed by atoms with Gasteiger partial charge in [-0.15, -0.1) is 0 Å². The molecule has 21 heavy (non-hydrogen) atoms. The molecule has 5 nitrogen and oxygen atoms in total. The van der Waals surface area contributed by atoms with Crippen LogP contribution in [0.2, 0.25) is 0 Å². The topological polar surface area (TPSA) is 58.6 Å². The van der Waals surface area contributed by atoms with E-state index in [2.05, 4.69) is 5.32 Å². The number of nitrogens with zero attached hydrogens (tertiary/aromatic N) is 1. The first-order valence-corrected chi connectivity index (χ1v) is 8.35. The Morgan fingerprint density at radius 3 is 2.43 bits per heavy atom. The van der Waals surface area contributed by atoms with Gasteiger partial charge in [0.1, 0.15) is 0 Å². The predicted octanol–water partition coefficient (Wildman–Crippen LogP) is 2.69. The van der Waals surface area contributed by atoms with Gasteiger partial charge >= 0.3 is 12.0 Å². The van der Waals surface area contributed by atoms with E-state index in [1.165, 1.54) is 19.3 Å². The second kappa shape index (κ2) is 7.66. The molecule has 2 fully saturated rings. The summed E-state index contributed by atoms with van der Waals surface area (Å²) in [6.45, 7) is 4.49. The van der Waals surface area contributed by atoms with Crippen molar-refractivity contribution in [1.29, 1.82) is 0 Å². The van der Waals surface area contributed by atoms with Gasteiger partial charge in [-0.2, -0.15) is 0 Å². The van der Waals surface area contributed by atoms with Crippen molar-refractivity contribution < 1.29 is 14.3 Å². The van der Waals surface area contributed by atoms with Gasteiger partial charge in [-0.1, -0.05) is 26.2 Å². The first-order valence-electron chi connectivity index (χ1n) is 8.35. The van der Waals surface area contributed by atoms with Crippen LogP contribution in [0.4, 0.5) is 4.79 Å². The summed E-state index contributed by atoms with van der Waals surface area (Å²) >= 11 is 0. The van der Waals surface area contributed by atoms with Gasteiger partial charge in [-0.05, 0) is 32.6 Å². The number of carbonyl (C=O) groups is 2. The first kappa shape index (κ1) is 16.1. The Balaban J connectivity index is 1.85. The molecule has 0 aromatic rings. The normalized spacial score (nSPS) is 20.7. The lowest BCUT2D eigenvalue weighted by molar-refractivity contribution is -0.147. The lowest BCUT2D eigenvalue weighted by Gasteiger charge is -2.29. The van der Waals surface area contributed by atoms with Gasteiger partial charge < -0.3 is 15.0 Å². The summed E-state index contributed by atoms with van der Waals surface area (Å²) in [7, 11) is 0. The van der Waals surface area contributed by atoms with Gasteiger partial charge in [0, 0.05) is 18.6 Å². The van der Waals surface area contributed by atoms with Crippen LogP contribution in [0, 0.1) is 5.92 Å². The molecule has 0 aromatic heterocycles. The highest BCUT2D eigenvalue weighted by molar-refractivity contribution is 5.77. The largest absolute Gasteiger partial charge is 0.466 e. The van der Waals surface area contributed by atoms with Crippen molar-refractivity contribution in [2.75, 3.05) is 13.2 Å². The minimum atomic E-state index is -0.261. The number of rotatable bonds is 6. The van der Waals surface area contributed by atoms with E-state index < -0.39 is 0 Å². The number of hydrogen-bond acceptors (Lipinski definition) is 3. The van der Waals surface area contributed by atoms with Gasteiger partial charge in [-0.3, -0.25) is 4.79 Å². The zero-order valence-electron chi connectivity index (χ0n) is 13.3. The summed E-state index contributed by atoms with van der Waals surface area (Å²) in [6.07, 6.45) is 7.94. The molecule has 2 aliphatic carbocycles. The number of urea groups is 1. The number of hydrogen-bond donors (Lipinski definition) is 1. The molecule has 1 N–H and O–H groups in total. The SMILES string of the molecule is CCOC(=O)C(C)CN(C(=O)NC1CCCCC1)C1CC1. The quantitative estimate of drug-likeness (QED) is 0.767. The van der Waals surface area contributed by atoms with Crippen molar-refractivity contribution in [1.82, 2.24) is 10.2 Å². The lowest BCUT2D eigenvalue weighted by atomic mass is 9.96. The van der Waals surface area contributed by atoms with Crippen molar-refractivity contribution in [3.63, 3.8) is 0 Å². The minimum Gasteiger partial charge on any atom is -0.466 e. The van der Waals surface area contributed by atoms with E-state index in [1.807, 2.05) is 11.8 Å². The molecule has 0 radical (unpaired) electrons. The molecule has 0 bridgehead atoms. The van der Waals surface area contributed by atoms with E-state index in [9.17, 15) is 9.59 Å². The van der Waals surface area contributed by atoms with Gasteiger partial charge in [0.2, 0.25) is 0 Å². The van der Waals surface area contributed by atoms with E-state index in [0.29, 0.717) is 25.2 Å². The highest BCUT2D eigenvalue weighted by Gasteiger charge is 2.35. The van der Waals surface area contributed by atoms with Crippen LogP contribution < -0.4 is 5.32 Å². The smallest absolute Gasteiger partial charge is 0.317 e. The fourth-order valence-corrected chi connectivity index (χ4v) is 2.94. The monoisotopic (exact) mass is 296 g/mol. The van der Waals surface area contributed by atoms with Crippen molar-refractivity contribution in [3.8, 4) is 0 Å². The number of nitrogens with one attached hydrogen (secondary N) is 1. The summed E-state index contributed by atoms with van der Waals surface area (Å²) in [5, 5.41) is 3.15. The first-order chi connectivity index (χ1) is 10.1. The van der Waals surface area contributed by atoms with Crippen LogP contribution in [0.1, 0.15) is 58.8 Å². The van der Waals surface area contributed by atoms with Gasteiger partial charge in [-0.25, -0.2) is 4.79 Å². The summed E-state index contributed by atoms with van der Waals surface area (Å²) in [6, 6.07) is 0.622. The molecule has 1 atom stereocenters. The van der Waals surface area contributed by atoms with Gasteiger partial charge in [0.05, 0.1) is 12.5 Å². The number of esters is 1. The van der Waals surface area contributed by atoms with Crippen LogP contribution >= 0.6 is 0 Å². The number of ether oxygens (including phenoxy) is 1. The van der Waals surface area contributed by atoms with E-state index in [4.69, 9.17) is 4.74 Å². The molecule has 2 rings (SSSR count). The third-order valence-corrected chi connectivity index (χ3v) is 4.34. The molecule has 2 aliphatic rings. The Morgan fingerprint density at radius 1 is 1.19 bits per heavy atom. The maximum absolute atomic E-state index is 12.5. The van der Waals surface area contributed by atoms with E-state index in [0.717, 1.165) is 25.7 Å². The summed E-state index contributed by atoms with van der Waals surface area (Å²) in [4.78, 5) is 26.1. The summed E-state index contributed by atoms with van der Waals surface area (Å²) in [5.41, 5.74) is 0. The van der Waals surface area contributed by atoms with Crippen LogP contribution in [0.5, 0.6) is 0 Å². The highest BCUT2D eigenvalue weighted by Crippen LogP contribution is 2.28. The molecule has 5 heteroatoms. The zero-order valence-corrected chi connectivity index (χ0v) is 13.3. The molecule has 1 unspecified atom stereocenters. The van der Waals surface area contributed by atoms with Crippen LogP contribution in [-0.4, -0.2) is 42.1 Å². The molecule has 2 saturated carbocycles. The summed E-state index contributed by atoms with van der Waals surface area (Å²) in [5.74, 6) is -0.476. The zero-order chi connectivity index (χ0) is 15.2. The van der Waals surface area contributed by atoms with Crippen molar-refractivity contribution >= 4 is 12.0 Å². The minimum absolute atomic E-state index is 0.000508. The Kier molecular flexibility index (Phi) is 5.88. The summed E-state index contributed by atoms with van der Waals surface area (Å²) < 4.78 is 5.04. The third kappa shape index (κ3) is 4.90. The Labute approximate surface area is 127 Å². The molecule has 0 aliphatic heterocycles. The highest BCUT2D eigenvalue weighted by atomic mass is 16.5. The fourth-order valence-electron chi connectivity index (χ4n) is 2.94. The number of amides is 2. The third-order valence-electron chi connectivity index (χ3n) is 4.34. The molecule has 2 amide bonds. The maximum Gasteiger partial charge on any atom is 0.317 e. The number of carbonyl (C=O) groups excluding carboxylic acids is 2. The van der Waals surface area contributed by atoms with Crippen molar-refractivity contribution in [2.45, 2.75) is 70.9 Å². The van der Waals surface area contributed by atoms with E-state index in [-0.39, 0.29) is 17.9 Å². The molecule has 0 aromatic carbocycles. The van der Waals surface area contributed by atoms with Crippen LogP contribution in [0.3, 0.4) is 0 Å². The lowest BCUT2D eigenvalue weighted by Crippen LogP contribution is -2.48. The van der Waals surface area contributed by atoms with Crippen molar-refractivity contribution in [2.24, 2.45) is 5.92 Å². The Morgan fingerprint density at radius 2 is 1.86 bits per heavy atom. The van der Waals surface area contributed by atoms with Gasteiger partial charge in [0.15, 0.2) is 0 Å². The standard InChI is InChI=1S/C16H28N2O3/c1-3-21-15(19)12(2)11-18(14-9-10-14)16(20)17-13-7-5-4-6-8-13/h12-14H,3-11H2,1-2H3,(H,17,20). The average Bonchev–Trinajstić information content (AvgIpc) is 3.30. The molecular weight excluding hydrogens is 268 g/mol. The van der Waals surface area contributed by atoms with Crippen molar-refractivity contribution in [3.05, 3.63) is 0 Å². The molecule has 120 valence electrons. The maximum atomic E-state index is 12.5. The average molecular weight is 296 g/mol. The Bertz CT molecular complexity index is 363. The molecule has 0 saturated heterocycles.